The first-order chi connectivity index (χ1) is 16.9. The number of carbonyl (C=O) groups excluding carboxylic acids is 2. The van der Waals surface area contributed by atoms with Crippen molar-refractivity contribution in [2.45, 2.75) is 10.9 Å². The molecule has 0 saturated heterocycles. The molecule has 4 aromatic rings. The Hall–Kier alpha value is -4.80. The topological polar surface area (TPSA) is 219 Å². The third-order valence-corrected chi connectivity index (χ3v) is 5.42. The highest BCUT2D eigenvalue weighted by molar-refractivity contribution is 7.98. The van der Waals surface area contributed by atoms with Gasteiger partial charge in [-0.25, -0.2) is 5.43 Å². The van der Waals surface area contributed by atoms with Crippen LogP contribution in [0.3, 0.4) is 0 Å². The van der Waals surface area contributed by atoms with Crippen molar-refractivity contribution in [3.63, 3.8) is 0 Å². The zero-order valence-electron chi connectivity index (χ0n) is 18.0. The number of aromatic amines is 1. The Kier molecular flexibility index (Phi) is 6.96. The van der Waals surface area contributed by atoms with Crippen molar-refractivity contribution in [2.24, 2.45) is 12.1 Å². The third-order valence-electron chi connectivity index (χ3n) is 4.37. The molecule has 16 nitrogen and oxygen atoms in total. The maximum atomic E-state index is 12.9. The molecule has 17 heteroatoms. The zero-order chi connectivity index (χ0) is 24.8. The second-order valence-corrected chi connectivity index (χ2v) is 7.67. The minimum atomic E-state index is -1.37. The molecule has 0 aliphatic carbocycles. The molecule has 0 aliphatic rings. The lowest BCUT2D eigenvalue weighted by atomic mass is 10.2. The normalized spacial score (nSPS) is 11.1. The van der Waals surface area contributed by atoms with Crippen LogP contribution < -0.4 is 25.7 Å². The molecule has 180 valence electrons. The number of nitrogen functional groups attached to an aromatic ring is 1. The largest absolute Gasteiger partial charge is 0.546 e. The van der Waals surface area contributed by atoms with E-state index in [4.69, 9.17) is 10.5 Å². The monoisotopic (exact) mass is 499 g/mol. The zero-order valence-corrected chi connectivity index (χ0v) is 18.8. The highest BCUT2D eigenvalue weighted by Crippen LogP contribution is 2.21. The predicted octanol–water partition coefficient (Wildman–Crippen LogP) is -2.03. The Morgan fingerprint density at radius 1 is 1.40 bits per heavy atom. The third kappa shape index (κ3) is 5.41. The van der Waals surface area contributed by atoms with E-state index in [-0.39, 0.29) is 28.8 Å². The molecule has 1 aromatic carbocycles. The molecular formula is C18H17N11O5S. The van der Waals surface area contributed by atoms with Crippen LogP contribution in [-0.2, 0) is 17.6 Å². The van der Waals surface area contributed by atoms with Gasteiger partial charge in [0.15, 0.2) is 10.9 Å². The molecule has 3 aromatic heterocycles. The Bertz CT molecular complexity index is 1380. The van der Waals surface area contributed by atoms with Gasteiger partial charge in [0.05, 0.1) is 17.9 Å². The summed E-state index contributed by atoms with van der Waals surface area (Å²) in [7, 11) is 1.78. The molecule has 0 radical (unpaired) electrons. The number of para-hydroxylation sites is 1. The van der Waals surface area contributed by atoms with Crippen molar-refractivity contribution in [3.8, 4) is 11.6 Å². The average molecular weight is 499 g/mol. The van der Waals surface area contributed by atoms with Gasteiger partial charge in [-0.15, -0.1) is 20.1 Å². The first-order valence-electron chi connectivity index (χ1n) is 9.73. The lowest BCUT2D eigenvalue weighted by molar-refractivity contribution is -0.669. The van der Waals surface area contributed by atoms with E-state index in [1.807, 2.05) is 0 Å². The summed E-state index contributed by atoms with van der Waals surface area (Å²) in [6.45, 7) is -0.628. The number of nitrogens with two attached hydrogens (primary N) is 1. The molecule has 3 heterocycles. The van der Waals surface area contributed by atoms with Gasteiger partial charge in [0.25, 0.3) is 11.5 Å². The van der Waals surface area contributed by atoms with E-state index in [1.54, 1.807) is 42.2 Å². The molecule has 0 spiro atoms. The summed E-state index contributed by atoms with van der Waals surface area (Å²) in [4.78, 5) is 23.5. The van der Waals surface area contributed by atoms with E-state index in [2.05, 4.69) is 46.0 Å². The SMILES string of the molecule is Cn1cnnc1SCc1c(C(=O)N/N=C/c2ccccc2OCC(=O)[O-])n[nH][n+]1-c1nonc1N. The van der Waals surface area contributed by atoms with Crippen LogP contribution in [0.15, 0.2) is 45.5 Å². The van der Waals surface area contributed by atoms with E-state index >= 15 is 0 Å². The van der Waals surface area contributed by atoms with Crippen LogP contribution in [0.5, 0.6) is 5.75 Å². The number of benzene rings is 1. The fourth-order valence-corrected chi connectivity index (χ4v) is 3.66. The summed E-state index contributed by atoms with van der Waals surface area (Å²) in [5.41, 5.74) is 8.99. The number of hydrogen-bond donors (Lipinski definition) is 3. The average Bonchev–Trinajstić information content (AvgIpc) is 3.56. The highest BCUT2D eigenvalue weighted by atomic mass is 32.2. The number of nitrogens with zero attached hydrogens (tertiary/aromatic N) is 8. The number of carboxylic acids is 1. The van der Waals surface area contributed by atoms with Crippen molar-refractivity contribution in [3.05, 3.63) is 47.5 Å². The second kappa shape index (κ2) is 10.4. The molecule has 0 aliphatic heterocycles. The highest BCUT2D eigenvalue weighted by Gasteiger charge is 2.30. The molecule has 0 bridgehead atoms. The van der Waals surface area contributed by atoms with Gasteiger partial charge in [0.1, 0.15) is 23.8 Å². The number of H-pyrrole nitrogens is 1. The summed E-state index contributed by atoms with van der Waals surface area (Å²) in [6.07, 6.45) is 2.85. The van der Waals surface area contributed by atoms with Crippen LogP contribution in [0.1, 0.15) is 21.7 Å². The molecular weight excluding hydrogens is 482 g/mol. The molecule has 4 rings (SSSR count). The van der Waals surface area contributed by atoms with E-state index in [0.29, 0.717) is 16.4 Å². The molecule has 0 atom stereocenters. The maximum absolute atomic E-state index is 12.9. The number of hydrogen-bond acceptors (Lipinski definition) is 13. The number of aromatic nitrogens is 8. The minimum absolute atomic E-state index is 0.000653. The van der Waals surface area contributed by atoms with E-state index < -0.39 is 18.5 Å². The number of ether oxygens (including phenoxy) is 1. The van der Waals surface area contributed by atoms with Crippen LogP contribution in [0.4, 0.5) is 5.82 Å². The molecule has 0 saturated carbocycles. The van der Waals surface area contributed by atoms with Gasteiger partial charge in [-0.3, -0.25) is 4.79 Å². The van der Waals surface area contributed by atoms with Crippen molar-refractivity contribution < 1.29 is 28.7 Å². The number of amides is 1. The first kappa shape index (κ1) is 23.4. The van der Waals surface area contributed by atoms with Gasteiger partial charge >= 0.3 is 11.7 Å². The van der Waals surface area contributed by atoms with Crippen molar-refractivity contribution >= 4 is 35.7 Å². The van der Waals surface area contributed by atoms with Gasteiger partial charge < -0.3 is 24.9 Å². The number of carboxylic acid groups (broad SMARTS) is 1. The molecule has 4 N–H and O–H groups in total. The van der Waals surface area contributed by atoms with Crippen LogP contribution in [0, 0.1) is 0 Å². The lowest BCUT2D eigenvalue weighted by Gasteiger charge is -2.08. The fourth-order valence-electron chi connectivity index (χ4n) is 2.77. The standard InChI is InChI=1S/C18H17N11O5S/c1-28-9-21-24-18(28)35-8-11-14(22-27-29(11)16-15(19)25-34-26-16)17(32)23-20-6-10-4-2-3-5-12(10)33-7-13(30)31/h2-6,9H,7-8H2,1H3,(H4,19,23,25,30,31,32)/b20-6+. The van der Waals surface area contributed by atoms with Gasteiger partial charge in [-0.1, -0.05) is 23.9 Å². The minimum Gasteiger partial charge on any atom is -0.546 e. The number of anilines is 1. The van der Waals surface area contributed by atoms with E-state index in [0.717, 1.165) is 0 Å². The summed E-state index contributed by atoms with van der Waals surface area (Å²) in [5.74, 6) is -1.43. The Morgan fingerprint density at radius 2 is 2.23 bits per heavy atom. The Labute approximate surface area is 200 Å². The fraction of sp³-hybridized carbons (Fsp3) is 0.167. The van der Waals surface area contributed by atoms with Gasteiger partial charge in [0, 0.05) is 12.6 Å². The van der Waals surface area contributed by atoms with E-state index in [9.17, 15) is 14.7 Å². The summed E-state index contributed by atoms with van der Waals surface area (Å²) < 4.78 is 12.9. The van der Waals surface area contributed by atoms with Crippen LogP contribution in [0.25, 0.3) is 5.82 Å². The molecule has 35 heavy (non-hydrogen) atoms. The van der Waals surface area contributed by atoms with Crippen LogP contribution >= 0.6 is 11.8 Å². The number of aryl methyl sites for hydroxylation is 1. The van der Waals surface area contributed by atoms with Crippen LogP contribution in [-0.4, -0.2) is 60.1 Å². The Morgan fingerprint density at radius 3 is 2.94 bits per heavy atom. The molecule has 1 amide bonds. The van der Waals surface area contributed by atoms with Crippen LogP contribution in [0.2, 0.25) is 0 Å². The van der Waals surface area contributed by atoms with Gasteiger partial charge in [0.2, 0.25) is 0 Å². The predicted molar refractivity (Wildman–Crippen MR) is 115 cm³/mol. The van der Waals surface area contributed by atoms with Gasteiger partial charge in [-0.05, 0) is 22.4 Å². The Balaban J connectivity index is 1.55. The van der Waals surface area contributed by atoms with Crippen molar-refractivity contribution in [2.75, 3.05) is 12.3 Å². The quantitative estimate of drug-likeness (QED) is 0.0930. The number of aliphatic carboxylic acids is 1. The number of thioether (sulfide) groups is 1. The molecule has 0 fully saturated rings. The second-order valence-electron chi connectivity index (χ2n) is 6.73. The number of nitrogens with one attached hydrogen (secondary N) is 2. The lowest BCUT2D eigenvalue weighted by Crippen LogP contribution is -2.38. The van der Waals surface area contributed by atoms with E-state index in [1.165, 1.54) is 22.7 Å². The van der Waals surface area contributed by atoms with Crippen molar-refractivity contribution in [1.29, 1.82) is 0 Å². The maximum Gasteiger partial charge on any atom is 0.377 e. The summed E-state index contributed by atoms with van der Waals surface area (Å²) in [6, 6.07) is 6.55. The molecule has 0 unspecified atom stereocenters. The number of carbonyl (C=O) groups is 2. The summed E-state index contributed by atoms with van der Waals surface area (Å²) >= 11 is 1.29. The first-order valence-corrected chi connectivity index (χ1v) is 10.7. The van der Waals surface area contributed by atoms with Gasteiger partial charge in [-0.2, -0.15) is 9.73 Å². The van der Waals surface area contributed by atoms with Crippen molar-refractivity contribution in [1.82, 2.24) is 40.8 Å². The smallest absolute Gasteiger partial charge is 0.377 e. The summed E-state index contributed by atoms with van der Waals surface area (Å²) in [5, 5.41) is 37.0. The number of hydrazone groups is 1. The number of rotatable bonds is 10.